The fourth-order valence-electron chi connectivity index (χ4n) is 4.53. The number of carbonyl (C=O) groups excluding carboxylic acids is 3. The number of thiazole rings is 1. The van der Waals surface area contributed by atoms with Crippen LogP contribution in [0.1, 0.15) is 61.5 Å². The van der Waals surface area contributed by atoms with Crippen molar-refractivity contribution in [1.82, 2.24) is 29.5 Å². The van der Waals surface area contributed by atoms with Gasteiger partial charge in [-0.3, -0.25) is 19.1 Å². The van der Waals surface area contributed by atoms with E-state index in [0.717, 1.165) is 44.2 Å². The van der Waals surface area contributed by atoms with Gasteiger partial charge in [0.2, 0.25) is 5.95 Å². The summed E-state index contributed by atoms with van der Waals surface area (Å²) in [7, 11) is 1.24. The first kappa shape index (κ1) is 29.0. The number of amides is 1. The van der Waals surface area contributed by atoms with E-state index in [1.165, 1.54) is 29.3 Å². The smallest absolute Gasteiger partial charge is 0.308 e. The highest BCUT2D eigenvalue weighted by molar-refractivity contribution is 7.13. The van der Waals surface area contributed by atoms with Crippen LogP contribution in [0.5, 0.6) is 0 Å². The molecule has 0 unspecified atom stereocenters. The molecule has 1 amide bonds. The molecule has 0 bridgehead atoms. The molecular weight excluding hydrogens is 572 g/mol. The summed E-state index contributed by atoms with van der Waals surface area (Å²) in [6.07, 6.45) is 9.50. The Hall–Kier alpha value is -4.53. The molecule has 0 aliphatic heterocycles. The van der Waals surface area contributed by atoms with Gasteiger partial charge < -0.3 is 14.8 Å². The summed E-state index contributed by atoms with van der Waals surface area (Å²) >= 11 is 1.20. The van der Waals surface area contributed by atoms with E-state index in [1.54, 1.807) is 22.5 Å². The molecule has 4 aromatic rings. The second kappa shape index (κ2) is 13.0. The zero-order chi connectivity index (χ0) is 29.6. The molecule has 1 aliphatic rings. The Morgan fingerprint density at radius 3 is 2.62 bits per heavy atom. The lowest BCUT2D eigenvalue weighted by Gasteiger charge is -2.21. The van der Waals surface area contributed by atoms with Crippen LogP contribution in [0.15, 0.2) is 36.1 Å². The van der Waals surface area contributed by atoms with E-state index in [9.17, 15) is 23.2 Å². The van der Waals surface area contributed by atoms with Crippen LogP contribution in [0.25, 0.3) is 22.0 Å². The Kier molecular flexibility index (Phi) is 8.95. The molecule has 1 N–H and O–H groups in total. The summed E-state index contributed by atoms with van der Waals surface area (Å²) in [5, 5.41) is 13.4. The zero-order valence-corrected chi connectivity index (χ0v) is 23.4. The Morgan fingerprint density at radius 1 is 1.05 bits per heavy atom. The van der Waals surface area contributed by atoms with Crippen molar-refractivity contribution in [2.75, 3.05) is 12.4 Å². The first-order chi connectivity index (χ1) is 20.3. The molecule has 1 aliphatic carbocycles. The molecule has 5 rings (SSSR count). The molecule has 0 radical (unpaired) electrons. The number of ether oxygens (including phenoxy) is 2. The number of hydrogen-bond acceptors (Lipinski definition) is 10. The molecule has 15 heteroatoms. The predicted molar refractivity (Wildman–Crippen MR) is 146 cm³/mol. The number of halogens is 2. The highest BCUT2D eigenvalue weighted by Crippen LogP contribution is 2.34. The average Bonchev–Trinajstić information content (AvgIpc) is 3.76. The number of nitrogens with zero attached hydrogens (tertiary/aromatic N) is 6. The van der Waals surface area contributed by atoms with Crippen molar-refractivity contribution >= 4 is 34.9 Å². The largest absolute Gasteiger partial charge is 0.469 e. The molecule has 12 nitrogen and oxygen atoms in total. The molecular formula is C27H27F2N7O5S. The summed E-state index contributed by atoms with van der Waals surface area (Å²) in [6.45, 7) is -0.169. The van der Waals surface area contributed by atoms with Gasteiger partial charge in [0, 0.05) is 23.3 Å². The molecule has 220 valence electrons. The molecule has 0 aromatic carbocycles. The summed E-state index contributed by atoms with van der Waals surface area (Å²) in [5.74, 6) is -3.28. The number of pyridine rings is 1. The SMILES string of the molecule is COC(=O)CCC(=O)OCn1cc(-c2nc(C(=O)Nc3cn(C4CCCCC4)nc3-c3nc(F)ccc3F)cs2)cn1. The van der Waals surface area contributed by atoms with Crippen molar-refractivity contribution in [2.24, 2.45) is 0 Å². The van der Waals surface area contributed by atoms with Crippen molar-refractivity contribution in [3.63, 3.8) is 0 Å². The first-order valence-corrected chi connectivity index (χ1v) is 14.1. The quantitative estimate of drug-likeness (QED) is 0.202. The van der Waals surface area contributed by atoms with E-state index in [-0.39, 0.29) is 48.4 Å². The van der Waals surface area contributed by atoms with Gasteiger partial charge in [0.25, 0.3) is 5.91 Å². The molecule has 0 atom stereocenters. The van der Waals surface area contributed by atoms with Gasteiger partial charge in [0.1, 0.15) is 22.1 Å². The van der Waals surface area contributed by atoms with E-state index < -0.39 is 29.6 Å². The average molecular weight is 600 g/mol. The number of rotatable bonds is 10. The highest BCUT2D eigenvalue weighted by Gasteiger charge is 2.24. The fraction of sp³-hybridized carbons (Fsp3) is 0.370. The number of aromatic nitrogens is 6. The monoisotopic (exact) mass is 599 g/mol. The molecule has 1 saturated carbocycles. The maximum absolute atomic E-state index is 14.7. The minimum Gasteiger partial charge on any atom is -0.469 e. The van der Waals surface area contributed by atoms with Gasteiger partial charge in [-0.1, -0.05) is 19.3 Å². The number of esters is 2. The summed E-state index contributed by atoms with van der Waals surface area (Å²) in [4.78, 5) is 44.2. The van der Waals surface area contributed by atoms with Crippen LogP contribution in [-0.4, -0.2) is 54.5 Å². The van der Waals surface area contributed by atoms with Crippen LogP contribution in [0.2, 0.25) is 0 Å². The van der Waals surface area contributed by atoms with Crippen molar-refractivity contribution < 1.29 is 32.6 Å². The molecule has 0 spiro atoms. The lowest BCUT2D eigenvalue weighted by molar-refractivity contribution is -0.151. The third kappa shape index (κ3) is 6.84. The molecule has 0 saturated heterocycles. The van der Waals surface area contributed by atoms with Crippen LogP contribution >= 0.6 is 11.3 Å². The van der Waals surface area contributed by atoms with Gasteiger partial charge >= 0.3 is 11.9 Å². The number of carbonyl (C=O) groups is 3. The molecule has 4 aromatic heterocycles. The van der Waals surface area contributed by atoms with E-state index in [2.05, 4.69) is 30.2 Å². The third-order valence-corrected chi connectivity index (χ3v) is 7.59. The van der Waals surface area contributed by atoms with Crippen molar-refractivity contribution in [3.8, 4) is 22.0 Å². The minimum atomic E-state index is -0.864. The maximum atomic E-state index is 14.7. The first-order valence-electron chi connectivity index (χ1n) is 13.2. The van der Waals surface area contributed by atoms with Crippen molar-refractivity contribution in [3.05, 3.63) is 53.6 Å². The van der Waals surface area contributed by atoms with Gasteiger partial charge in [0.05, 0.1) is 37.9 Å². The van der Waals surface area contributed by atoms with Gasteiger partial charge in [-0.2, -0.15) is 14.6 Å². The van der Waals surface area contributed by atoms with Gasteiger partial charge in [-0.25, -0.2) is 19.0 Å². The Labute approximate surface area is 242 Å². The summed E-state index contributed by atoms with van der Waals surface area (Å²) in [6, 6.07) is 1.97. The van der Waals surface area contributed by atoms with E-state index in [0.29, 0.717) is 10.6 Å². The zero-order valence-electron chi connectivity index (χ0n) is 22.6. The number of nitrogens with one attached hydrogen (secondary N) is 1. The van der Waals surface area contributed by atoms with E-state index in [1.807, 2.05) is 0 Å². The van der Waals surface area contributed by atoms with Crippen LogP contribution in [-0.2, 0) is 25.8 Å². The van der Waals surface area contributed by atoms with Crippen molar-refractivity contribution in [1.29, 1.82) is 0 Å². The van der Waals surface area contributed by atoms with Crippen LogP contribution in [0, 0.1) is 11.8 Å². The number of methoxy groups -OCH3 is 1. The number of hydrogen-bond donors (Lipinski definition) is 1. The second-order valence-corrected chi connectivity index (χ2v) is 10.5. The second-order valence-electron chi connectivity index (χ2n) is 9.61. The topological polar surface area (TPSA) is 143 Å². The third-order valence-electron chi connectivity index (χ3n) is 6.70. The van der Waals surface area contributed by atoms with E-state index >= 15 is 0 Å². The lowest BCUT2D eigenvalue weighted by atomic mass is 9.96. The van der Waals surface area contributed by atoms with Crippen LogP contribution in [0.3, 0.4) is 0 Å². The van der Waals surface area contributed by atoms with Gasteiger partial charge in [-0.15, -0.1) is 11.3 Å². The molecule has 4 heterocycles. The summed E-state index contributed by atoms with van der Waals surface area (Å²) < 4.78 is 41.3. The van der Waals surface area contributed by atoms with Crippen LogP contribution < -0.4 is 5.32 Å². The Morgan fingerprint density at radius 2 is 1.83 bits per heavy atom. The molecule has 1 fully saturated rings. The normalized spacial score (nSPS) is 13.6. The fourth-order valence-corrected chi connectivity index (χ4v) is 5.31. The standard InChI is InChI=1S/C27H27F2N7O5S/c1-40-22(37)9-10-23(38)41-15-35-12-16(11-30-35)27-32-20(14-42-27)26(39)31-19-13-36(17-5-3-2-4-6-17)34-25(19)24-18(28)7-8-21(29)33-24/h7-8,11-14,17H,2-6,9-10,15H2,1H3,(H,31,39). The maximum Gasteiger partial charge on any atom is 0.308 e. The molecule has 42 heavy (non-hydrogen) atoms. The lowest BCUT2D eigenvalue weighted by Crippen LogP contribution is -2.14. The van der Waals surface area contributed by atoms with Gasteiger partial charge in [0.15, 0.2) is 12.5 Å². The minimum absolute atomic E-state index is 0.0313. The highest BCUT2D eigenvalue weighted by atomic mass is 32.1. The van der Waals surface area contributed by atoms with E-state index in [4.69, 9.17) is 4.74 Å². The predicted octanol–water partition coefficient (Wildman–Crippen LogP) is 4.75. The van der Waals surface area contributed by atoms with Gasteiger partial charge in [-0.05, 0) is 25.0 Å². The van der Waals surface area contributed by atoms with Crippen LogP contribution in [0.4, 0.5) is 14.5 Å². The number of anilines is 1. The Balaban J connectivity index is 1.29. The Bertz CT molecular complexity index is 1590. The van der Waals surface area contributed by atoms with Crippen molar-refractivity contribution in [2.45, 2.75) is 57.7 Å². The summed E-state index contributed by atoms with van der Waals surface area (Å²) in [5.41, 5.74) is 0.613.